The Hall–Kier alpha value is -4.04. The zero-order valence-corrected chi connectivity index (χ0v) is 20.3. The van der Waals surface area contributed by atoms with Crippen molar-refractivity contribution in [2.24, 2.45) is 0 Å². The van der Waals surface area contributed by atoms with Crippen molar-refractivity contribution in [1.29, 1.82) is 0 Å². The molecule has 2 aromatic heterocycles. The van der Waals surface area contributed by atoms with Gasteiger partial charge in [-0.25, -0.2) is 9.36 Å². The maximum Gasteiger partial charge on any atom is 0.416 e. The average Bonchev–Trinajstić information content (AvgIpc) is 3.28. The third-order valence-electron chi connectivity index (χ3n) is 5.67. The predicted molar refractivity (Wildman–Crippen MR) is 127 cm³/mol. The van der Waals surface area contributed by atoms with E-state index in [-0.39, 0.29) is 17.8 Å². The van der Waals surface area contributed by atoms with E-state index in [1.165, 1.54) is 75.5 Å². The Morgan fingerprint density at radius 2 is 1.70 bits per heavy atom. The lowest BCUT2D eigenvalue weighted by atomic mass is 10.1. The summed E-state index contributed by atoms with van der Waals surface area (Å²) in [5.74, 6) is 0. The summed E-state index contributed by atoms with van der Waals surface area (Å²) in [5, 5.41) is 15.9. The Bertz CT molecular complexity index is 1440. The van der Waals surface area contributed by atoms with Gasteiger partial charge < -0.3 is 9.47 Å². The van der Waals surface area contributed by atoms with Crippen molar-refractivity contribution in [3.8, 4) is 0 Å². The van der Waals surface area contributed by atoms with Crippen LogP contribution in [0.2, 0.25) is 0 Å². The van der Waals surface area contributed by atoms with Crippen LogP contribution in [0.4, 0.5) is 18.9 Å². The lowest BCUT2D eigenvalue weighted by Gasteiger charge is -2.20. The monoisotopic (exact) mass is 523 g/mol. The second kappa shape index (κ2) is 10.9. The smallest absolute Gasteiger partial charge is 0.361 e. The van der Waals surface area contributed by atoms with Crippen LogP contribution in [0.1, 0.15) is 48.7 Å². The molecule has 0 aliphatic carbocycles. The first kappa shape index (κ1) is 27.5. The number of hydrogen-bond acceptors (Lipinski definition) is 7. The third kappa shape index (κ3) is 5.70. The Kier molecular flexibility index (Phi) is 8.13. The molecule has 2 heterocycles. The van der Waals surface area contributed by atoms with Gasteiger partial charge >= 0.3 is 23.1 Å². The van der Waals surface area contributed by atoms with Crippen molar-refractivity contribution in [3.05, 3.63) is 90.0 Å². The molecule has 0 saturated carbocycles. The highest BCUT2D eigenvalue weighted by Gasteiger charge is 2.33. The second-order valence-corrected chi connectivity index (χ2v) is 7.95. The zero-order chi connectivity index (χ0) is 27.5. The SMILES string of the molecule is COC(C)n1c(/C=C/c2cnn(Cc3ccccc3C(F)(F)F)c2)c([N+](=O)[O-])c(=O)n(C(C)OC)c1=O. The van der Waals surface area contributed by atoms with E-state index < -0.39 is 46.1 Å². The molecule has 37 heavy (non-hydrogen) atoms. The highest BCUT2D eigenvalue weighted by atomic mass is 19.4. The number of methoxy groups -OCH3 is 2. The third-order valence-corrected chi connectivity index (χ3v) is 5.67. The number of halogens is 3. The van der Waals surface area contributed by atoms with Crippen LogP contribution in [0.25, 0.3) is 12.2 Å². The summed E-state index contributed by atoms with van der Waals surface area (Å²) in [6.45, 7) is 2.67. The Morgan fingerprint density at radius 3 is 2.30 bits per heavy atom. The first-order chi connectivity index (χ1) is 17.4. The Balaban J connectivity index is 2.08. The summed E-state index contributed by atoms with van der Waals surface area (Å²) < 4.78 is 53.0. The van der Waals surface area contributed by atoms with E-state index in [9.17, 15) is 32.9 Å². The van der Waals surface area contributed by atoms with Crippen molar-refractivity contribution < 1.29 is 27.6 Å². The molecule has 0 amide bonds. The summed E-state index contributed by atoms with van der Waals surface area (Å²) in [7, 11) is 2.53. The number of aromatic nitrogens is 4. The van der Waals surface area contributed by atoms with Crippen LogP contribution in [0.15, 0.2) is 46.2 Å². The standard InChI is InChI=1S/C23H24F3N5O6/c1-14(36-3)29-19(20(31(34)35)21(32)30(22(29)33)15(2)37-4)10-9-16-11-27-28(12-16)13-17-7-5-6-8-18(17)23(24,25)26/h5-12,14-15H,13H2,1-4H3/b10-9+. The summed E-state index contributed by atoms with van der Waals surface area (Å²) in [5.41, 5.74) is -3.69. The molecule has 0 fully saturated rings. The van der Waals surface area contributed by atoms with E-state index in [1.54, 1.807) is 0 Å². The van der Waals surface area contributed by atoms with Gasteiger partial charge in [0.25, 0.3) is 0 Å². The number of nitrogens with zero attached hydrogens (tertiary/aromatic N) is 5. The summed E-state index contributed by atoms with van der Waals surface area (Å²) in [4.78, 5) is 37.0. The first-order valence-corrected chi connectivity index (χ1v) is 10.9. The molecule has 0 aliphatic rings. The maximum atomic E-state index is 13.3. The zero-order valence-electron chi connectivity index (χ0n) is 20.3. The summed E-state index contributed by atoms with van der Waals surface area (Å²) in [6, 6.07) is 5.08. The molecule has 0 N–H and O–H groups in total. The van der Waals surface area contributed by atoms with E-state index in [4.69, 9.17) is 9.47 Å². The van der Waals surface area contributed by atoms with Gasteiger partial charge in [-0.3, -0.25) is 24.2 Å². The van der Waals surface area contributed by atoms with Gasteiger partial charge in [0.2, 0.25) is 0 Å². The molecule has 0 aliphatic heterocycles. The summed E-state index contributed by atoms with van der Waals surface area (Å²) in [6.07, 6.45) is -1.34. The van der Waals surface area contributed by atoms with Crippen molar-refractivity contribution in [1.82, 2.24) is 18.9 Å². The lowest BCUT2D eigenvalue weighted by molar-refractivity contribution is -0.387. The van der Waals surface area contributed by atoms with E-state index in [0.717, 1.165) is 10.6 Å². The topological polar surface area (TPSA) is 123 Å². The molecule has 0 radical (unpaired) electrons. The van der Waals surface area contributed by atoms with Gasteiger partial charge in [0.1, 0.15) is 18.1 Å². The molecule has 2 unspecified atom stereocenters. The highest BCUT2D eigenvalue weighted by Crippen LogP contribution is 2.32. The number of rotatable bonds is 9. The number of benzene rings is 1. The van der Waals surface area contributed by atoms with Crippen molar-refractivity contribution in [2.75, 3.05) is 14.2 Å². The molecule has 2 atom stereocenters. The van der Waals surface area contributed by atoms with Gasteiger partial charge in [0.15, 0.2) is 0 Å². The van der Waals surface area contributed by atoms with Crippen LogP contribution in [0.5, 0.6) is 0 Å². The van der Waals surface area contributed by atoms with Crippen LogP contribution >= 0.6 is 0 Å². The molecule has 0 saturated heterocycles. The van der Waals surface area contributed by atoms with E-state index in [2.05, 4.69) is 5.10 Å². The number of nitro groups is 1. The maximum absolute atomic E-state index is 13.3. The van der Waals surface area contributed by atoms with Gasteiger partial charge in [-0.05, 0) is 37.6 Å². The number of hydrogen-bond donors (Lipinski definition) is 0. The Morgan fingerprint density at radius 1 is 1.08 bits per heavy atom. The minimum Gasteiger partial charge on any atom is -0.361 e. The van der Waals surface area contributed by atoms with Gasteiger partial charge in [-0.15, -0.1) is 0 Å². The summed E-state index contributed by atoms with van der Waals surface area (Å²) >= 11 is 0. The van der Waals surface area contributed by atoms with Crippen molar-refractivity contribution in [3.63, 3.8) is 0 Å². The van der Waals surface area contributed by atoms with Crippen LogP contribution in [-0.2, 0) is 22.2 Å². The molecular formula is C23H24F3N5O6. The normalized spacial score (nSPS) is 13.7. The number of alkyl halides is 3. The van der Waals surface area contributed by atoms with Crippen molar-refractivity contribution in [2.45, 2.75) is 39.0 Å². The molecule has 14 heteroatoms. The fourth-order valence-electron chi connectivity index (χ4n) is 3.69. The molecule has 198 valence electrons. The van der Waals surface area contributed by atoms with Crippen LogP contribution < -0.4 is 11.2 Å². The predicted octanol–water partition coefficient (Wildman–Crippen LogP) is 3.68. The van der Waals surface area contributed by atoms with E-state index in [0.29, 0.717) is 10.1 Å². The minimum atomic E-state index is -4.53. The second-order valence-electron chi connectivity index (χ2n) is 7.95. The fourth-order valence-corrected chi connectivity index (χ4v) is 3.69. The quantitative estimate of drug-likeness (QED) is 0.310. The Labute approximate surface area is 208 Å². The van der Waals surface area contributed by atoms with Gasteiger partial charge in [-0.1, -0.05) is 18.2 Å². The molecule has 0 bridgehead atoms. The van der Waals surface area contributed by atoms with Gasteiger partial charge in [0.05, 0.1) is 23.2 Å². The molecule has 3 aromatic rings. The molecule has 11 nitrogen and oxygen atoms in total. The van der Waals surface area contributed by atoms with Crippen LogP contribution in [0, 0.1) is 10.1 Å². The molecular weight excluding hydrogens is 499 g/mol. The largest absolute Gasteiger partial charge is 0.416 e. The van der Waals surface area contributed by atoms with Crippen molar-refractivity contribution >= 4 is 17.8 Å². The average molecular weight is 523 g/mol. The first-order valence-electron chi connectivity index (χ1n) is 10.9. The molecule has 1 aromatic carbocycles. The van der Waals surface area contributed by atoms with Gasteiger partial charge in [-0.2, -0.15) is 18.3 Å². The fraction of sp³-hybridized carbons (Fsp3) is 0.348. The van der Waals surface area contributed by atoms with E-state index >= 15 is 0 Å². The van der Waals surface area contributed by atoms with E-state index in [1.807, 2.05) is 0 Å². The van der Waals surface area contributed by atoms with Gasteiger partial charge in [0, 0.05) is 26.0 Å². The molecule has 3 rings (SSSR count). The molecule has 0 spiro atoms. The highest BCUT2D eigenvalue weighted by molar-refractivity contribution is 5.71. The minimum absolute atomic E-state index is 0.00268. The lowest BCUT2D eigenvalue weighted by Crippen LogP contribution is -2.45. The van der Waals surface area contributed by atoms with Crippen LogP contribution in [0.3, 0.4) is 0 Å². The van der Waals surface area contributed by atoms with Crippen LogP contribution in [-0.4, -0.2) is 38.1 Å². The number of ether oxygens (including phenoxy) is 2.